The smallest absolute Gasteiger partial charge is 0.406 e. The van der Waals surface area contributed by atoms with Crippen LogP contribution in [0.4, 0.5) is 13.2 Å². The third-order valence-corrected chi connectivity index (χ3v) is 3.72. The second-order valence-electron chi connectivity index (χ2n) is 5.02. The highest BCUT2D eigenvalue weighted by atomic mass is 19.4. The number of methoxy groups -OCH3 is 1. The monoisotopic (exact) mass is 287 g/mol. The molecular weight excluding hydrogens is 271 g/mol. The lowest BCUT2D eigenvalue weighted by Crippen LogP contribution is -2.47. The fourth-order valence-corrected chi connectivity index (χ4v) is 2.57. The predicted octanol–water partition coefficient (Wildman–Crippen LogP) is 2.61. The zero-order chi connectivity index (χ0) is 14.8. The largest absolute Gasteiger partial charge is 0.468 e. The van der Waals surface area contributed by atoms with Crippen molar-refractivity contribution in [1.29, 1.82) is 0 Å². The number of carbonyl (C=O) groups is 1. The van der Waals surface area contributed by atoms with Crippen LogP contribution in [0, 0.1) is 5.41 Å². The molecule has 0 amide bonds. The maximum atomic E-state index is 13.2. The molecule has 0 aliphatic carbocycles. The molecule has 1 heterocycles. The van der Waals surface area contributed by atoms with E-state index in [2.05, 4.69) is 4.74 Å². The van der Waals surface area contributed by atoms with Gasteiger partial charge in [0.05, 0.1) is 7.11 Å². The van der Waals surface area contributed by atoms with Crippen LogP contribution in [0.1, 0.15) is 12.0 Å². The van der Waals surface area contributed by atoms with Gasteiger partial charge in [-0.25, -0.2) is 0 Å². The average Bonchev–Trinajstić information content (AvgIpc) is 2.84. The summed E-state index contributed by atoms with van der Waals surface area (Å²) in [4.78, 5) is 13.3. The van der Waals surface area contributed by atoms with Crippen molar-refractivity contribution in [3.8, 4) is 0 Å². The summed E-state index contributed by atoms with van der Waals surface area (Å²) >= 11 is 0. The summed E-state index contributed by atoms with van der Waals surface area (Å²) in [5, 5.41) is 0. The standard InChI is InChI=1S/C14H16F3NO2/c1-20-12(19)13(14(15,16)17)7-8-18(10-13)9-11-5-3-2-4-6-11/h2-6H,7-10H2,1H3/t13-/m0/s1. The van der Waals surface area contributed by atoms with Crippen molar-refractivity contribution in [2.45, 2.75) is 19.1 Å². The molecule has 6 heteroatoms. The first-order valence-electron chi connectivity index (χ1n) is 6.30. The second kappa shape index (κ2) is 5.44. The van der Waals surface area contributed by atoms with Crippen LogP contribution in [-0.4, -0.2) is 37.2 Å². The van der Waals surface area contributed by atoms with Gasteiger partial charge in [0.25, 0.3) is 0 Å². The highest BCUT2D eigenvalue weighted by molar-refractivity contribution is 5.78. The Kier molecular flexibility index (Phi) is 4.04. The van der Waals surface area contributed by atoms with Gasteiger partial charge in [-0.2, -0.15) is 13.2 Å². The SMILES string of the molecule is COC(=O)[C@]1(C(F)(F)F)CCN(Cc2ccccc2)C1. The van der Waals surface area contributed by atoms with Crippen LogP contribution in [0.2, 0.25) is 0 Å². The molecule has 1 aliphatic heterocycles. The summed E-state index contributed by atoms with van der Waals surface area (Å²) < 4.78 is 44.1. The van der Waals surface area contributed by atoms with Gasteiger partial charge >= 0.3 is 12.1 Å². The lowest BCUT2D eigenvalue weighted by atomic mass is 9.86. The quantitative estimate of drug-likeness (QED) is 0.800. The highest BCUT2D eigenvalue weighted by Crippen LogP contribution is 2.46. The van der Waals surface area contributed by atoms with Gasteiger partial charge in [-0.05, 0) is 12.0 Å². The number of alkyl halides is 3. The summed E-state index contributed by atoms with van der Waals surface area (Å²) in [6.07, 6.45) is -4.85. The Morgan fingerprint density at radius 3 is 2.55 bits per heavy atom. The van der Waals surface area contributed by atoms with Gasteiger partial charge < -0.3 is 4.74 Å². The number of benzene rings is 1. The zero-order valence-corrected chi connectivity index (χ0v) is 11.1. The summed E-state index contributed by atoms with van der Waals surface area (Å²) in [7, 11) is 0.996. The van der Waals surface area contributed by atoms with E-state index in [1.165, 1.54) is 0 Å². The Bertz CT molecular complexity index is 475. The van der Waals surface area contributed by atoms with E-state index >= 15 is 0 Å². The van der Waals surface area contributed by atoms with Crippen LogP contribution in [0.5, 0.6) is 0 Å². The number of nitrogens with zero attached hydrogens (tertiary/aromatic N) is 1. The minimum atomic E-state index is -4.59. The molecular formula is C14H16F3NO2. The fourth-order valence-electron chi connectivity index (χ4n) is 2.57. The Hall–Kier alpha value is -1.56. The van der Waals surface area contributed by atoms with Crippen LogP contribution in [0.3, 0.4) is 0 Å². The molecule has 20 heavy (non-hydrogen) atoms. The van der Waals surface area contributed by atoms with Gasteiger partial charge in [-0.15, -0.1) is 0 Å². The van der Waals surface area contributed by atoms with E-state index in [4.69, 9.17) is 0 Å². The molecule has 1 aromatic rings. The van der Waals surface area contributed by atoms with Crippen LogP contribution in [-0.2, 0) is 16.1 Å². The molecule has 0 N–H and O–H groups in total. The number of hydrogen-bond donors (Lipinski definition) is 0. The van der Waals surface area contributed by atoms with Crippen molar-refractivity contribution < 1.29 is 22.7 Å². The maximum absolute atomic E-state index is 13.2. The van der Waals surface area contributed by atoms with Crippen molar-refractivity contribution in [2.75, 3.05) is 20.2 Å². The van der Waals surface area contributed by atoms with Crippen LogP contribution >= 0.6 is 0 Å². The van der Waals surface area contributed by atoms with Gasteiger partial charge in [-0.3, -0.25) is 9.69 Å². The first-order chi connectivity index (χ1) is 9.39. The number of carbonyl (C=O) groups excluding carboxylic acids is 1. The third-order valence-electron chi connectivity index (χ3n) is 3.72. The molecule has 0 radical (unpaired) electrons. The third kappa shape index (κ3) is 2.65. The molecule has 0 saturated carbocycles. The van der Waals surface area contributed by atoms with Gasteiger partial charge in [0, 0.05) is 19.6 Å². The topological polar surface area (TPSA) is 29.5 Å². The minimum Gasteiger partial charge on any atom is -0.468 e. The van der Waals surface area contributed by atoms with E-state index in [-0.39, 0.29) is 19.5 Å². The van der Waals surface area contributed by atoms with Crippen molar-refractivity contribution in [3.63, 3.8) is 0 Å². The summed E-state index contributed by atoms with van der Waals surface area (Å²) in [6.45, 7) is 0.275. The molecule has 1 aromatic carbocycles. The molecule has 1 fully saturated rings. The highest BCUT2D eigenvalue weighted by Gasteiger charge is 2.63. The molecule has 1 aliphatic rings. The van der Waals surface area contributed by atoms with Crippen molar-refractivity contribution in [3.05, 3.63) is 35.9 Å². The Labute approximate surface area is 115 Å². The van der Waals surface area contributed by atoms with E-state index in [1.807, 2.05) is 30.3 Å². The number of hydrogen-bond acceptors (Lipinski definition) is 3. The van der Waals surface area contributed by atoms with Gasteiger partial charge in [0.15, 0.2) is 5.41 Å². The fraction of sp³-hybridized carbons (Fsp3) is 0.500. The predicted molar refractivity (Wildman–Crippen MR) is 66.8 cm³/mol. The molecule has 0 aromatic heterocycles. The van der Waals surface area contributed by atoms with E-state index in [9.17, 15) is 18.0 Å². The average molecular weight is 287 g/mol. The molecule has 1 atom stereocenters. The van der Waals surface area contributed by atoms with Crippen LogP contribution in [0.25, 0.3) is 0 Å². The number of halogens is 3. The van der Waals surface area contributed by atoms with Gasteiger partial charge in [-0.1, -0.05) is 30.3 Å². The molecule has 3 nitrogen and oxygen atoms in total. The van der Waals surface area contributed by atoms with E-state index in [0.29, 0.717) is 6.54 Å². The minimum absolute atomic E-state index is 0.226. The normalized spacial score (nSPS) is 23.8. The van der Waals surface area contributed by atoms with Gasteiger partial charge in [0.1, 0.15) is 0 Å². The molecule has 1 saturated heterocycles. The first-order valence-corrected chi connectivity index (χ1v) is 6.30. The molecule has 0 unspecified atom stereocenters. The molecule has 0 bridgehead atoms. The number of ether oxygens (including phenoxy) is 1. The van der Waals surface area contributed by atoms with Crippen molar-refractivity contribution in [1.82, 2.24) is 4.90 Å². The summed E-state index contributed by atoms with van der Waals surface area (Å²) in [6, 6.07) is 9.23. The van der Waals surface area contributed by atoms with Gasteiger partial charge in [0.2, 0.25) is 0 Å². The summed E-state index contributed by atoms with van der Waals surface area (Å²) in [5.41, 5.74) is -1.47. The Morgan fingerprint density at radius 1 is 1.35 bits per heavy atom. The second-order valence-corrected chi connectivity index (χ2v) is 5.02. The summed E-state index contributed by atoms with van der Waals surface area (Å²) in [5.74, 6) is -1.19. The molecule has 110 valence electrons. The maximum Gasteiger partial charge on any atom is 0.406 e. The van der Waals surface area contributed by atoms with Crippen molar-refractivity contribution >= 4 is 5.97 Å². The number of rotatable bonds is 3. The lowest BCUT2D eigenvalue weighted by Gasteiger charge is -2.28. The van der Waals surface area contributed by atoms with Crippen LogP contribution in [0.15, 0.2) is 30.3 Å². The lowest BCUT2D eigenvalue weighted by molar-refractivity contribution is -0.229. The number of likely N-dealkylation sites (tertiary alicyclic amines) is 1. The first kappa shape index (κ1) is 14.8. The van der Waals surface area contributed by atoms with Crippen LogP contribution < -0.4 is 0 Å². The zero-order valence-electron chi connectivity index (χ0n) is 11.1. The van der Waals surface area contributed by atoms with E-state index in [0.717, 1.165) is 12.7 Å². The Morgan fingerprint density at radius 2 is 2.00 bits per heavy atom. The molecule has 0 spiro atoms. The Balaban J connectivity index is 2.14. The molecule has 2 rings (SSSR count). The van der Waals surface area contributed by atoms with E-state index < -0.39 is 17.6 Å². The number of esters is 1. The van der Waals surface area contributed by atoms with E-state index in [1.54, 1.807) is 4.90 Å². The van der Waals surface area contributed by atoms with Crippen molar-refractivity contribution in [2.24, 2.45) is 5.41 Å².